The molecular weight excluding hydrogens is 228 g/mol. The van der Waals surface area contributed by atoms with E-state index >= 15 is 0 Å². The normalized spacial score (nSPS) is 10.4. The van der Waals surface area contributed by atoms with Crippen LogP contribution in [0.4, 0.5) is 5.88 Å². The Morgan fingerprint density at radius 2 is 2.06 bits per heavy atom. The molecule has 0 atom stereocenters. The van der Waals surface area contributed by atoms with Gasteiger partial charge in [-0.05, 0) is 25.5 Å². The molecule has 2 aromatic rings. The van der Waals surface area contributed by atoms with Crippen molar-refractivity contribution in [2.75, 3.05) is 19.0 Å². The van der Waals surface area contributed by atoms with Gasteiger partial charge in [0.2, 0.25) is 11.8 Å². The van der Waals surface area contributed by atoms with Crippen molar-refractivity contribution >= 4 is 5.88 Å². The van der Waals surface area contributed by atoms with E-state index in [1.807, 2.05) is 38.2 Å². The zero-order chi connectivity index (χ0) is 13.0. The van der Waals surface area contributed by atoms with E-state index in [0.29, 0.717) is 12.5 Å². The highest BCUT2D eigenvalue weighted by atomic mass is 16.5. The molecule has 2 rings (SSSR count). The van der Waals surface area contributed by atoms with Gasteiger partial charge in [-0.15, -0.1) is 0 Å². The lowest BCUT2D eigenvalue weighted by Gasteiger charge is -2.06. The number of oxazole rings is 1. The summed E-state index contributed by atoms with van der Waals surface area (Å²) in [6.45, 7) is 4.64. The third kappa shape index (κ3) is 2.32. The summed E-state index contributed by atoms with van der Waals surface area (Å²) >= 11 is 0. The Morgan fingerprint density at radius 3 is 2.67 bits per heavy atom. The summed E-state index contributed by atoms with van der Waals surface area (Å²) in [6.07, 6.45) is 0.830. The van der Waals surface area contributed by atoms with Crippen molar-refractivity contribution in [1.29, 1.82) is 0 Å². The number of aromatic nitrogens is 1. The van der Waals surface area contributed by atoms with Gasteiger partial charge >= 0.3 is 0 Å². The SMILES string of the molecule is CCOc1ccccc1-c1nc(CC)c(NC)o1. The van der Waals surface area contributed by atoms with Gasteiger partial charge in [-0.1, -0.05) is 19.1 Å². The number of ether oxygens (including phenoxy) is 1. The molecule has 96 valence electrons. The topological polar surface area (TPSA) is 47.3 Å². The lowest BCUT2D eigenvalue weighted by atomic mass is 10.2. The Morgan fingerprint density at radius 1 is 1.28 bits per heavy atom. The summed E-state index contributed by atoms with van der Waals surface area (Å²) in [5.74, 6) is 2.12. The quantitative estimate of drug-likeness (QED) is 0.879. The van der Waals surface area contributed by atoms with Crippen LogP contribution in [-0.2, 0) is 6.42 Å². The van der Waals surface area contributed by atoms with Crippen molar-refractivity contribution in [2.24, 2.45) is 0 Å². The second-order valence-corrected chi connectivity index (χ2v) is 3.83. The largest absolute Gasteiger partial charge is 0.493 e. The Bertz CT molecular complexity index is 499. The van der Waals surface area contributed by atoms with Gasteiger partial charge in [0.1, 0.15) is 11.4 Å². The molecule has 0 aliphatic carbocycles. The van der Waals surface area contributed by atoms with Crippen LogP contribution in [0.15, 0.2) is 28.7 Å². The van der Waals surface area contributed by atoms with E-state index in [-0.39, 0.29) is 0 Å². The van der Waals surface area contributed by atoms with Gasteiger partial charge in [-0.3, -0.25) is 0 Å². The number of aryl methyl sites for hydroxylation is 1. The average molecular weight is 246 g/mol. The highest BCUT2D eigenvalue weighted by Crippen LogP contribution is 2.32. The maximum Gasteiger partial charge on any atom is 0.232 e. The minimum Gasteiger partial charge on any atom is -0.493 e. The number of hydrogen-bond acceptors (Lipinski definition) is 4. The van der Waals surface area contributed by atoms with Crippen LogP contribution >= 0.6 is 0 Å². The zero-order valence-electron chi connectivity index (χ0n) is 11.0. The van der Waals surface area contributed by atoms with E-state index in [1.54, 1.807) is 0 Å². The molecular formula is C14H18N2O2. The lowest BCUT2D eigenvalue weighted by molar-refractivity contribution is 0.340. The van der Waals surface area contributed by atoms with Crippen LogP contribution in [0.5, 0.6) is 5.75 Å². The summed E-state index contributed by atoms with van der Waals surface area (Å²) in [4.78, 5) is 4.50. The van der Waals surface area contributed by atoms with Crippen LogP contribution in [0.25, 0.3) is 11.5 Å². The van der Waals surface area contributed by atoms with Gasteiger partial charge in [0.15, 0.2) is 0 Å². The van der Waals surface area contributed by atoms with Crippen LogP contribution < -0.4 is 10.1 Å². The van der Waals surface area contributed by atoms with Crippen molar-refractivity contribution in [1.82, 2.24) is 4.98 Å². The van der Waals surface area contributed by atoms with Crippen molar-refractivity contribution < 1.29 is 9.15 Å². The van der Waals surface area contributed by atoms with Crippen LogP contribution in [0, 0.1) is 0 Å². The smallest absolute Gasteiger partial charge is 0.232 e. The molecule has 0 amide bonds. The maximum absolute atomic E-state index is 5.73. The molecule has 0 aliphatic rings. The molecule has 1 heterocycles. The van der Waals surface area contributed by atoms with Gasteiger partial charge in [-0.2, -0.15) is 0 Å². The fourth-order valence-corrected chi connectivity index (χ4v) is 1.83. The first-order valence-corrected chi connectivity index (χ1v) is 6.19. The van der Waals surface area contributed by atoms with Gasteiger partial charge in [0, 0.05) is 7.05 Å². The standard InChI is InChI=1S/C14H18N2O2/c1-4-11-14(15-3)18-13(16-11)10-8-6-7-9-12(10)17-5-2/h6-9,15H,4-5H2,1-3H3. The molecule has 1 aromatic carbocycles. The molecule has 0 saturated heterocycles. The van der Waals surface area contributed by atoms with Crippen LogP contribution in [0.1, 0.15) is 19.5 Å². The van der Waals surface area contributed by atoms with Crippen molar-refractivity contribution in [3.63, 3.8) is 0 Å². The number of anilines is 1. The minimum atomic E-state index is 0.597. The minimum absolute atomic E-state index is 0.597. The van der Waals surface area contributed by atoms with E-state index in [0.717, 1.165) is 29.3 Å². The molecule has 4 nitrogen and oxygen atoms in total. The average Bonchev–Trinajstić information content (AvgIpc) is 2.83. The third-order valence-corrected chi connectivity index (χ3v) is 2.68. The van der Waals surface area contributed by atoms with Gasteiger partial charge in [-0.25, -0.2) is 4.98 Å². The molecule has 4 heteroatoms. The molecule has 0 saturated carbocycles. The molecule has 1 aromatic heterocycles. The first kappa shape index (κ1) is 12.5. The summed E-state index contributed by atoms with van der Waals surface area (Å²) < 4.78 is 11.3. The zero-order valence-corrected chi connectivity index (χ0v) is 11.0. The Kier molecular flexibility index (Phi) is 3.87. The summed E-state index contributed by atoms with van der Waals surface area (Å²) in [5.41, 5.74) is 1.81. The molecule has 0 unspecified atom stereocenters. The van der Waals surface area contributed by atoms with E-state index < -0.39 is 0 Å². The summed E-state index contributed by atoms with van der Waals surface area (Å²) in [5, 5.41) is 3.02. The Labute approximate surface area is 107 Å². The third-order valence-electron chi connectivity index (χ3n) is 2.68. The Hall–Kier alpha value is -1.97. The molecule has 0 radical (unpaired) electrons. The first-order valence-electron chi connectivity index (χ1n) is 6.19. The van der Waals surface area contributed by atoms with Crippen molar-refractivity contribution in [2.45, 2.75) is 20.3 Å². The number of nitrogens with zero attached hydrogens (tertiary/aromatic N) is 1. The summed E-state index contributed by atoms with van der Waals surface area (Å²) in [7, 11) is 1.83. The lowest BCUT2D eigenvalue weighted by Crippen LogP contribution is -1.93. The predicted octanol–water partition coefficient (Wildman–Crippen LogP) is 3.34. The van der Waals surface area contributed by atoms with E-state index in [2.05, 4.69) is 17.2 Å². The fourth-order valence-electron chi connectivity index (χ4n) is 1.83. The maximum atomic E-state index is 5.73. The number of hydrogen-bond donors (Lipinski definition) is 1. The van der Waals surface area contributed by atoms with Gasteiger partial charge in [0.25, 0.3) is 0 Å². The monoisotopic (exact) mass is 246 g/mol. The first-order chi connectivity index (χ1) is 8.80. The number of benzene rings is 1. The van der Waals surface area contributed by atoms with Gasteiger partial charge < -0.3 is 14.5 Å². The number of nitrogens with one attached hydrogen (secondary N) is 1. The molecule has 0 aliphatic heterocycles. The van der Waals surface area contributed by atoms with Crippen molar-refractivity contribution in [3.05, 3.63) is 30.0 Å². The van der Waals surface area contributed by atoms with Crippen LogP contribution in [0.3, 0.4) is 0 Å². The number of para-hydroxylation sites is 1. The fraction of sp³-hybridized carbons (Fsp3) is 0.357. The van der Waals surface area contributed by atoms with E-state index in [9.17, 15) is 0 Å². The molecule has 0 spiro atoms. The molecule has 18 heavy (non-hydrogen) atoms. The van der Waals surface area contributed by atoms with E-state index in [4.69, 9.17) is 9.15 Å². The predicted molar refractivity (Wildman–Crippen MR) is 72.0 cm³/mol. The highest BCUT2D eigenvalue weighted by molar-refractivity contribution is 5.64. The van der Waals surface area contributed by atoms with Gasteiger partial charge in [0.05, 0.1) is 12.2 Å². The molecule has 1 N–H and O–H groups in total. The van der Waals surface area contributed by atoms with E-state index in [1.165, 1.54) is 0 Å². The highest BCUT2D eigenvalue weighted by Gasteiger charge is 2.15. The molecule has 0 bridgehead atoms. The van der Waals surface area contributed by atoms with Crippen LogP contribution in [0.2, 0.25) is 0 Å². The van der Waals surface area contributed by atoms with Crippen LogP contribution in [-0.4, -0.2) is 18.6 Å². The second-order valence-electron chi connectivity index (χ2n) is 3.83. The van der Waals surface area contributed by atoms with Crippen molar-refractivity contribution in [3.8, 4) is 17.2 Å². The Balaban J connectivity index is 2.44. The second kappa shape index (κ2) is 5.58. The summed E-state index contributed by atoms with van der Waals surface area (Å²) in [6, 6.07) is 7.77. The number of rotatable bonds is 5. The molecule has 0 fully saturated rings.